The van der Waals surface area contributed by atoms with Crippen LogP contribution in [0.1, 0.15) is 43.0 Å². The average Bonchev–Trinajstić information content (AvgIpc) is 2.91. The molecule has 4 aromatic rings. The first-order chi connectivity index (χ1) is 19.9. The van der Waals surface area contributed by atoms with Crippen LogP contribution in [0.2, 0.25) is 0 Å². The van der Waals surface area contributed by atoms with Crippen molar-refractivity contribution in [2.45, 2.75) is 26.7 Å². The van der Waals surface area contributed by atoms with Crippen LogP contribution in [0, 0.1) is 13.8 Å². The first-order valence-electron chi connectivity index (χ1n) is 12.8. The molecule has 0 radical (unpaired) electrons. The lowest BCUT2D eigenvalue weighted by Crippen LogP contribution is -2.17. The number of carboxylic acid groups (broad SMARTS) is 2. The van der Waals surface area contributed by atoms with Gasteiger partial charge in [-0.15, -0.1) is 0 Å². The van der Waals surface area contributed by atoms with Crippen molar-refractivity contribution >= 4 is 35.1 Å². The highest BCUT2D eigenvalue weighted by Gasteiger charge is 2.17. The van der Waals surface area contributed by atoms with E-state index >= 15 is 0 Å². The molecule has 0 saturated heterocycles. The SMILES string of the molecule is Cc1cc(CC(=O)Nc2cc(-c3ccc(O)c(NC(=O)Cc4cccc(C)c4C(=O)O)c3)ccc2O)ccc1C(=O)O. The predicted octanol–water partition coefficient (Wildman–Crippen LogP) is 5.14. The minimum absolute atomic E-state index is 0.0513. The summed E-state index contributed by atoms with van der Waals surface area (Å²) in [6.45, 7) is 3.29. The van der Waals surface area contributed by atoms with Crippen molar-refractivity contribution in [3.8, 4) is 22.6 Å². The quantitative estimate of drug-likeness (QED) is 0.151. The molecule has 4 rings (SSSR count). The van der Waals surface area contributed by atoms with Crippen LogP contribution in [0.5, 0.6) is 11.5 Å². The lowest BCUT2D eigenvalue weighted by Gasteiger charge is -2.13. The number of rotatable bonds is 9. The van der Waals surface area contributed by atoms with Crippen LogP contribution in [-0.4, -0.2) is 44.2 Å². The Hall–Kier alpha value is -5.64. The van der Waals surface area contributed by atoms with Gasteiger partial charge in [0.2, 0.25) is 11.8 Å². The van der Waals surface area contributed by atoms with Crippen LogP contribution < -0.4 is 10.6 Å². The lowest BCUT2D eigenvalue weighted by atomic mass is 9.99. The van der Waals surface area contributed by atoms with Gasteiger partial charge in [-0.25, -0.2) is 9.59 Å². The number of carboxylic acids is 2. The number of amides is 2. The highest BCUT2D eigenvalue weighted by Crippen LogP contribution is 2.34. The van der Waals surface area contributed by atoms with E-state index in [2.05, 4.69) is 10.6 Å². The molecule has 0 aromatic heterocycles. The first kappa shape index (κ1) is 29.3. The van der Waals surface area contributed by atoms with E-state index in [1.165, 1.54) is 30.3 Å². The van der Waals surface area contributed by atoms with E-state index in [0.29, 0.717) is 33.4 Å². The smallest absolute Gasteiger partial charge is 0.336 e. The van der Waals surface area contributed by atoms with Gasteiger partial charge in [-0.1, -0.05) is 42.5 Å². The fourth-order valence-electron chi connectivity index (χ4n) is 4.64. The Bertz CT molecular complexity index is 1730. The summed E-state index contributed by atoms with van der Waals surface area (Å²) in [6, 6.07) is 18.5. The molecule has 214 valence electrons. The number of phenolic OH excluding ortho intramolecular Hbond substituents is 2. The van der Waals surface area contributed by atoms with Crippen molar-refractivity contribution in [2.75, 3.05) is 10.6 Å². The lowest BCUT2D eigenvalue weighted by molar-refractivity contribution is -0.116. The molecular weight excluding hydrogens is 540 g/mol. The number of aromatic carboxylic acids is 2. The fourth-order valence-corrected chi connectivity index (χ4v) is 4.64. The Morgan fingerprint density at radius 2 is 1.21 bits per heavy atom. The topological polar surface area (TPSA) is 173 Å². The van der Waals surface area contributed by atoms with Crippen molar-refractivity contribution in [2.24, 2.45) is 0 Å². The maximum absolute atomic E-state index is 12.8. The van der Waals surface area contributed by atoms with Gasteiger partial charge in [0.15, 0.2) is 0 Å². The summed E-state index contributed by atoms with van der Waals surface area (Å²) in [5.74, 6) is -3.53. The molecule has 0 atom stereocenters. The van der Waals surface area contributed by atoms with Crippen molar-refractivity contribution in [3.05, 3.63) is 106 Å². The van der Waals surface area contributed by atoms with Gasteiger partial charge in [-0.05, 0) is 77.6 Å². The molecule has 0 heterocycles. The molecule has 0 spiro atoms. The van der Waals surface area contributed by atoms with Crippen LogP contribution in [0.3, 0.4) is 0 Å². The van der Waals surface area contributed by atoms with Gasteiger partial charge in [0.05, 0.1) is 35.3 Å². The van der Waals surface area contributed by atoms with Crippen LogP contribution in [0.4, 0.5) is 11.4 Å². The standard InChI is InChI=1S/C32H28N2O8/c1-17-4-3-5-22(30(17)32(41)42)16-29(38)34-25-15-21(8-11-27(25)36)20-7-10-26(35)24(14-20)33-28(37)13-19-6-9-23(31(39)40)18(2)12-19/h3-12,14-15,35-36H,13,16H2,1-2H3,(H,33,37)(H,34,38)(H,39,40)(H,41,42). The van der Waals surface area contributed by atoms with Gasteiger partial charge in [-0.3, -0.25) is 9.59 Å². The zero-order valence-electron chi connectivity index (χ0n) is 22.8. The summed E-state index contributed by atoms with van der Waals surface area (Å²) in [5.41, 5.74) is 3.54. The minimum Gasteiger partial charge on any atom is -0.506 e. The maximum Gasteiger partial charge on any atom is 0.336 e. The van der Waals surface area contributed by atoms with E-state index in [1.54, 1.807) is 56.3 Å². The molecular formula is C32H28N2O8. The molecule has 2 amide bonds. The van der Waals surface area contributed by atoms with E-state index < -0.39 is 23.8 Å². The second-order valence-corrected chi connectivity index (χ2v) is 9.78. The zero-order chi connectivity index (χ0) is 30.6. The van der Waals surface area contributed by atoms with Crippen LogP contribution in [-0.2, 0) is 22.4 Å². The van der Waals surface area contributed by atoms with Crippen LogP contribution in [0.25, 0.3) is 11.1 Å². The number of aromatic hydroxyl groups is 2. The van der Waals surface area contributed by atoms with Gasteiger partial charge < -0.3 is 31.1 Å². The average molecular weight is 569 g/mol. The highest BCUT2D eigenvalue weighted by atomic mass is 16.4. The zero-order valence-corrected chi connectivity index (χ0v) is 22.8. The molecule has 0 saturated carbocycles. The third kappa shape index (κ3) is 6.73. The number of benzene rings is 4. The summed E-state index contributed by atoms with van der Waals surface area (Å²) in [4.78, 5) is 48.4. The van der Waals surface area contributed by atoms with Crippen LogP contribution in [0.15, 0.2) is 72.8 Å². The molecule has 0 aliphatic rings. The molecule has 0 bridgehead atoms. The van der Waals surface area contributed by atoms with E-state index in [1.807, 2.05) is 0 Å². The molecule has 10 heteroatoms. The third-order valence-corrected chi connectivity index (χ3v) is 6.68. The first-order valence-corrected chi connectivity index (χ1v) is 12.8. The normalized spacial score (nSPS) is 10.6. The molecule has 6 N–H and O–H groups in total. The van der Waals surface area contributed by atoms with Gasteiger partial charge in [0.25, 0.3) is 0 Å². The summed E-state index contributed by atoms with van der Waals surface area (Å²) < 4.78 is 0. The van der Waals surface area contributed by atoms with E-state index in [0.717, 1.165) is 0 Å². The van der Waals surface area contributed by atoms with Crippen molar-refractivity contribution in [1.82, 2.24) is 0 Å². The molecule has 4 aromatic carbocycles. The molecule has 0 aliphatic heterocycles. The number of phenols is 2. The molecule has 0 fully saturated rings. The number of hydrogen-bond acceptors (Lipinski definition) is 6. The van der Waals surface area contributed by atoms with Crippen molar-refractivity contribution < 1.29 is 39.6 Å². The molecule has 10 nitrogen and oxygen atoms in total. The molecule has 0 unspecified atom stereocenters. The monoisotopic (exact) mass is 568 g/mol. The highest BCUT2D eigenvalue weighted by molar-refractivity contribution is 5.98. The number of hydrogen-bond donors (Lipinski definition) is 6. The molecule has 42 heavy (non-hydrogen) atoms. The Morgan fingerprint density at radius 1 is 0.643 bits per heavy atom. The Balaban J connectivity index is 1.51. The second-order valence-electron chi connectivity index (χ2n) is 9.78. The van der Waals surface area contributed by atoms with E-state index in [4.69, 9.17) is 0 Å². The number of carbonyl (C=O) groups is 4. The predicted molar refractivity (Wildman–Crippen MR) is 156 cm³/mol. The Labute approximate surface area is 240 Å². The van der Waals surface area contributed by atoms with Crippen LogP contribution >= 0.6 is 0 Å². The molecule has 0 aliphatic carbocycles. The van der Waals surface area contributed by atoms with Crippen molar-refractivity contribution in [1.29, 1.82) is 0 Å². The third-order valence-electron chi connectivity index (χ3n) is 6.68. The summed E-state index contributed by atoms with van der Waals surface area (Å²) in [5, 5.41) is 44.7. The fraction of sp³-hybridized carbons (Fsp3) is 0.125. The summed E-state index contributed by atoms with van der Waals surface area (Å²) in [7, 11) is 0. The number of nitrogens with one attached hydrogen (secondary N) is 2. The van der Waals surface area contributed by atoms with Gasteiger partial charge in [0.1, 0.15) is 11.5 Å². The number of carbonyl (C=O) groups excluding carboxylic acids is 2. The minimum atomic E-state index is -1.14. The van der Waals surface area contributed by atoms with Crippen molar-refractivity contribution in [3.63, 3.8) is 0 Å². The second kappa shape index (κ2) is 12.3. The summed E-state index contributed by atoms with van der Waals surface area (Å²) >= 11 is 0. The van der Waals surface area contributed by atoms with Gasteiger partial charge in [-0.2, -0.15) is 0 Å². The maximum atomic E-state index is 12.8. The Morgan fingerprint density at radius 3 is 1.74 bits per heavy atom. The number of aryl methyl sites for hydroxylation is 2. The number of anilines is 2. The largest absolute Gasteiger partial charge is 0.506 e. The summed E-state index contributed by atoms with van der Waals surface area (Å²) in [6.07, 6.45) is -0.273. The van der Waals surface area contributed by atoms with Gasteiger partial charge in [0, 0.05) is 0 Å². The Kier molecular flexibility index (Phi) is 8.56. The van der Waals surface area contributed by atoms with E-state index in [-0.39, 0.29) is 46.8 Å². The van der Waals surface area contributed by atoms with Gasteiger partial charge >= 0.3 is 11.9 Å². The van der Waals surface area contributed by atoms with E-state index in [9.17, 15) is 39.6 Å².